The molecule has 0 unspecified atom stereocenters. The molecule has 4 heteroatoms. The van der Waals surface area contributed by atoms with Gasteiger partial charge in [0, 0.05) is 70.6 Å². The van der Waals surface area contributed by atoms with Gasteiger partial charge in [-0.05, 0) is 0 Å². The van der Waals surface area contributed by atoms with Gasteiger partial charge in [-0.1, -0.05) is 0 Å². The zero-order valence-electron chi connectivity index (χ0n) is 2.12. The molecule has 0 saturated carbocycles. The average molecular weight is 229 g/mol. The Kier molecular flexibility index (Phi) is 75.2. The molecular weight excluding hydrogens is 229 g/mol. The molecule has 1 nitrogen and oxygen atoms in total. The molecule has 0 heterocycles. The monoisotopic (exact) mass is 230 g/mol. The normalized spacial score (nSPS) is 1.00. The van der Waals surface area contributed by atoms with Crippen LogP contribution < -0.4 is 0 Å². The third-order valence-corrected chi connectivity index (χ3v) is 0. The third kappa shape index (κ3) is 8.85. The largest absolute Gasteiger partial charge is 0.381 e. The van der Waals surface area contributed by atoms with Crippen molar-refractivity contribution in [3.63, 3.8) is 0 Å². The SMILES string of the molecule is O=[Si].[Ba].[Ti]. The predicted octanol–water partition coefficient (Wildman–Crippen LogP) is -0.883. The molecule has 0 aliphatic heterocycles. The minimum atomic E-state index is 0. The van der Waals surface area contributed by atoms with E-state index in [1.165, 1.54) is 0 Å². The Morgan fingerprint density at radius 2 is 1.25 bits per heavy atom. The first-order valence-corrected chi connectivity index (χ1v) is 0.612. The fourth-order valence-corrected chi connectivity index (χ4v) is 0. The van der Waals surface area contributed by atoms with Gasteiger partial charge in [0.2, 0.25) is 0 Å². The van der Waals surface area contributed by atoms with Crippen molar-refractivity contribution in [1.82, 2.24) is 0 Å². The van der Waals surface area contributed by atoms with Gasteiger partial charge >= 0.3 is 10.1 Å². The molecule has 0 aliphatic rings. The smallest absolute Gasteiger partial charge is 0.381 e. The van der Waals surface area contributed by atoms with E-state index >= 15 is 0 Å². The second kappa shape index (κ2) is 18.5. The molecule has 4 radical (unpaired) electrons. The van der Waals surface area contributed by atoms with Gasteiger partial charge in [0.25, 0.3) is 0 Å². The second-order valence-electron chi connectivity index (χ2n) is 0. The van der Waals surface area contributed by atoms with Crippen LogP contribution in [0.5, 0.6) is 0 Å². The van der Waals surface area contributed by atoms with E-state index in [1.807, 2.05) is 0 Å². The van der Waals surface area contributed by atoms with E-state index in [0.717, 1.165) is 0 Å². The maximum Gasteiger partial charge on any atom is 0.381 e. The summed E-state index contributed by atoms with van der Waals surface area (Å²) in [4.78, 5) is 0. The summed E-state index contributed by atoms with van der Waals surface area (Å²) < 4.78 is 8.06. The fraction of sp³-hybridized carbons (Fsp3) is 0. The van der Waals surface area contributed by atoms with Crippen molar-refractivity contribution >= 4 is 59.0 Å². The number of hydrogen-bond acceptors (Lipinski definition) is 1. The molecule has 0 bridgehead atoms. The van der Waals surface area contributed by atoms with Crippen LogP contribution in [0.25, 0.3) is 0 Å². The molecule has 0 aromatic rings. The molecule has 4 heavy (non-hydrogen) atoms. The summed E-state index contributed by atoms with van der Waals surface area (Å²) in [6.45, 7) is 0. The first-order chi connectivity index (χ1) is 1.00. The Morgan fingerprint density at radius 1 is 1.25 bits per heavy atom. The van der Waals surface area contributed by atoms with Crippen molar-refractivity contribution in [1.29, 1.82) is 0 Å². The molecule has 0 rings (SSSR count). The first kappa shape index (κ1) is 16.2. The van der Waals surface area contributed by atoms with E-state index in [2.05, 4.69) is 0 Å². The van der Waals surface area contributed by atoms with Gasteiger partial charge < -0.3 is 4.46 Å². The van der Waals surface area contributed by atoms with Crippen LogP contribution in [0.2, 0.25) is 0 Å². The topological polar surface area (TPSA) is 17.1 Å². The Bertz CT molecular complexity index is 8.00. The average Bonchev–Trinajstić information content (AvgIpc) is 1.00. The predicted molar refractivity (Wildman–Crippen MR) is 12.2 cm³/mol. The fourth-order valence-electron chi connectivity index (χ4n) is 0. The molecule has 0 spiro atoms. The van der Waals surface area contributed by atoms with E-state index in [1.54, 1.807) is 10.1 Å². The van der Waals surface area contributed by atoms with Gasteiger partial charge in [0.1, 0.15) is 0 Å². The van der Waals surface area contributed by atoms with Crippen LogP contribution in [0.3, 0.4) is 0 Å². The molecule has 0 aromatic heterocycles. The van der Waals surface area contributed by atoms with Crippen molar-refractivity contribution < 1.29 is 26.2 Å². The summed E-state index contributed by atoms with van der Waals surface area (Å²) in [7, 11) is 1.72. The summed E-state index contributed by atoms with van der Waals surface area (Å²) in [5.74, 6) is 0. The molecule has 0 amide bonds. The first-order valence-electron chi connectivity index (χ1n) is 0.204. The molecule has 0 fully saturated rings. The van der Waals surface area contributed by atoms with Crippen LogP contribution >= 0.6 is 0 Å². The maximum absolute atomic E-state index is 8.06. The third-order valence-electron chi connectivity index (χ3n) is 0. The Balaban J connectivity index is -0.00000000500. The second-order valence-corrected chi connectivity index (χ2v) is 0. The van der Waals surface area contributed by atoms with Crippen molar-refractivity contribution in [3.05, 3.63) is 0 Å². The van der Waals surface area contributed by atoms with E-state index in [4.69, 9.17) is 4.46 Å². The number of rotatable bonds is 0. The molecule has 0 saturated heterocycles. The summed E-state index contributed by atoms with van der Waals surface area (Å²) in [5, 5.41) is 0. The molecule has 0 atom stereocenters. The van der Waals surface area contributed by atoms with Crippen molar-refractivity contribution in [2.75, 3.05) is 0 Å². The Labute approximate surface area is 83.4 Å². The van der Waals surface area contributed by atoms with Crippen LogP contribution in [0.1, 0.15) is 0 Å². The molecule has 0 aromatic carbocycles. The zero-order chi connectivity index (χ0) is 2.00. The summed E-state index contributed by atoms with van der Waals surface area (Å²) in [6.07, 6.45) is 0. The van der Waals surface area contributed by atoms with Gasteiger partial charge in [-0.3, -0.25) is 0 Å². The van der Waals surface area contributed by atoms with Crippen LogP contribution in [0.15, 0.2) is 0 Å². The Hall–Kier alpha value is 2.30. The summed E-state index contributed by atoms with van der Waals surface area (Å²) in [6, 6.07) is 0. The summed E-state index contributed by atoms with van der Waals surface area (Å²) >= 11 is 0. The Morgan fingerprint density at radius 3 is 1.25 bits per heavy atom. The van der Waals surface area contributed by atoms with Crippen molar-refractivity contribution in [2.45, 2.75) is 0 Å². The minimum absolute atomic E-state index is 0. The minimum Gasteiger partial charge on any atom is -0.381 e. The molecule has 0 aliphatic carbocycles. The molecule has 16 valence electrons. The molecular formula is BaOSiTi. The molecule has 0 N–H and O–H groups in total. The van der Waals surface area contributed by atoms with E-state index in [-0.39, 0.29) is 70.6 Å². The van der Waals surface area contributed by atoms with Gasteiger partial charge in [-0.25, -0.2) is 0 Å². The van der Waals surface area contributed by atoms with Crippen LogP contribution in [-0.4, -0.2) is 59.0 Å². The number of hydrogen-bond donors (Lipinski definition) is 0. The van der Waals surface area contributed by atoms with Gasteiger partial charge in [-0.2, -0.15) is 0 Å². The van der Waals surface area contributed by atoms with Gasteiger partial charge in [0.15, 0.2) is 0 Å². The van der Waals surface area contributed by atoms with Crippen LogP contribution in [-0.2, 0) is 26.2 Å². The van der Waals surface area contributed by atoms with Gasteiger partial charge in [-0.15, -0.1) is 0 Å². The van der Waals surface area contributed by atoms with E-state index in [9.17, 15) is 0 Å². The standard InChI is InChI=1S/Ba.OSi.Ti/c;1-2;. The zero-order valence-corrected chi connectivity index (χ0v) is 9.12. The van der Waals surface area contributed by atoms with E-state index < -0.39 is 0 Å². The van der Waals surface area contributed by atoms with Crippen LogP contribution in [0, 0.1) is 0 Å². The van der Waals surface area contributed by atoms with Crippen molar-refractivity contribution in [3.8, 4) is 0 Å². The van der Waals surface area contributed by atoms with Crippen molar-refractivity contribution in [2.24, 2.45) is 0 Å². The summed E-state index contributed by atoms with van der Waals surface area (Å²) in [5.41, 5.74) is 0. The quantitative estimate of drug-likeness (QED) is 0.493. The van der Waals surface area contributed by atoms with E-state index in [0.29, 0.717) is 0 Å². The van der Waals surface area contributed by atoms with Gasteiger partial charge in [0.05, 0.1) is 0 Å². The maximum atomic E-state index is 8.06. The van der Waals surface area contributed by atoms with Crippen LogP contribution in [0.4, 0.5) is 0 Å².